The Kier molecular flexibility index (Phi) is 2.52. The van der Waals surface area contributed by atoms with Crippen molar-refractivity contribution >= 4 is 17.2 Å². The second-order valence-electron chi connectivity index (χ2n) is 3.32. The third-order valence-electron chi connectivity index (χ3n) is 2.49. The van der Waals surface area contributed by atoms with Crippen LogP contribution in [0.15, 0.2) is 12.1 Å². The number of carbonyl (C=O) groups is 1. The monoisotopic (exact) mass is 220 g/mol. The molecule has 0 fully saturated rings. The maximum absolute atomic E-state index is 10.8. The Hall–Kier alpha value is -2.04. The zero-order chi connectivity index (χ0) is 11.7. The van der Waals surface area contributed by atoms with Gasteiger partial charge in [-0.1, -0.05) is 0 Å². The molecule has 2 rings (SSSR count). The summed E-state index contributed by atoms with van der Waals surface area (Å²) >= 11 is 0. The SMILES string of the molecule is COc1ccc2c(C=O)nn(C)c2c1OC. The molecular weight excluding hydrogens is 208 g/mol. The van der Waals surface area contributed by atoms with Gasteiger partial charge in [0.15, 0.2) is 17.8 Å². The molecule has 5 nitrogen and oxygen atoms in total. The van der Waals surface area contributed by atoms with E-state index in [-0.39, 0.29) is 0 Å². The largest absolute Gasteiger partial charge is 0.493 e. The summed E-state index contributed by atoms with van der Waals surface area (Å²) in [6, 6.07) is 3.56. The summed E-state index contributed by atoms with van der Waals surface area (Å²) in [6.45, 7) is 0. The summed E-state index contributed by atoms with van der Waals surface area (Å²) in [5, 5.41) is 4.86. The molecule has 2 aromatic rings. The summed E-state index contributed by atoms with van der Waals surface area (Å²) in [6.07, 6.45) is 0.730. The maximum Gasteiger partial charge on any atom is 0.186 e. The van der Waals surface area contributed by atoms with Crippen molar-refractivity contribution in [2.45, 2.75) is 0 Å². The number of ether oxygens (including phenoxy) is 2. The van der Waals surface area contributed by atoms with Crippen LogP contribution in [0.2, 0.25) is 0 Å². The number of hydrogen-bond donors (Lipinski definition) is 0. The van der Waals surface area contributed by atoms with Gasteiger partial charge in [-0.2, -0.15) is 5.10 Å². The van der Waals surface area contributed by atoms with E-state index in [1.54, 1.807) is 38.1 Å². The molecule has 0 N–H and O–H groups in total. The van der Waals surface area contributed by atoms with Crippen molar-refractivity contribution in [3.8, 4) is 11.5 Å². The molecule has 1 heterocycles. The summed E-state index contributed by atoms with van der Waals surface area (Å²) in [5.41, 5.74) is 1.16. The van der Waals surface area contributed by atoms with E-state index in [2.05, 4.69) is 5.10 Å². The lowest BCUT2D eigenvalue weighted by Crippen LogP contribution is -1.95. The highest BCUT2D eigenvalue weighted by Gasteiger charge is 2.16. The zero-order valence-corrected chi connectivity index (χ0v) is 9.35. The minimum Gasteiger partial charge on any atom is -0.493 e. The van der Waals surface area contributed by atoms with Crippen molar-refractivity contribution in [3.05, 3.63) is 17.8 Å². The molecule has 0 bridgehead atoms. The number of nitrogens with zero attached hydrogens (tertiary/aromatic N) is 2. The van der Waals surface area contributed by atoms with Crippen molar-refractivity contribution < 1.29 is 14.3 Å². The summed E-state index contributed by atoms with van der Waals surface area (Å²) in [4.78, 5) is 10.8. The highest BCUT2D eigenvalue weighted by atomic mass is 16.5. The van der Waals surface area contributed by atoms with Crippen molar-refractivity contribution in [1.82, 2.24) is 9.78 Å². The first-order valence-corrected chi connectivity index (χ1v) is 4.75. The van der Waals surface area contributed by atoms with Gasteiger partial charge in [0.1, 0.15) is 11.2 Å². The third kappa shape index (κ3) is 1.32. The van der Waals surface area contributed by atoms with Gasteiger partial charge in [0.25, 0.3) is 0 Å². The fraction of sp³-hybridized carbons (Fsp3) is 0.273. The zero-order valence-electron chi connectivity index (χ0n) is 9.35. The van der Waals surface area contributed by atoms with E-state index in [9.17, 15) is 4.79 Å². The number of carbonyl (C=O) groups excluding carboxylic acids is 1. The van der Waals surface area contributed by atoms with Gasteiger partial charge < -0.3 is 9.47 Å². The Balaban J connectivity index is 2.86. The first-order valence-electron chi connectivity index (χ1n) is 4.75. The molecule has 0 spiro atoms. The Morgan fingerprint density at radius 2 is 2.06 bits per heavy atom. The van der Waals surface area contributed by atoms with Crippen LogP contribution < -0.4 is 9.47 Å². The van der Waals surface area contributed by atoms with Crippen LogP contribution in [-0.2, 0) is 7.05 Å². The fourth-order valence-corrected chi connectivity index (χ4v) is 1.79. The molecule has 5 heteroatoms. The van der Waals surface area contributed by atoms with Gasteiger partial charge in [0, 0.05) is 12.4 Å². The number of hydrogen-bond acceptors (Lipinski definition) is 4. The predicted molar refractivity (Wildman–Crippen MR) is 59.2 cm³/mol. The number of aldehydes is 1. The van der Waals surface area contributed by atoms with E-state index >= 15 is 0 Å². The van der Waals surface area contributed by atoms with Crippen LogP contribution in [0.1, 0.15) is 10.5 Å². The van der Waals surface area contributed by atoms with Crippen LogP contribution in [0.3, 0.4) is 0 Å². The van der Waals surface area contributed by atoms with Crippen LogP contribution in [-0.4, -0.2) is 30.3 Å². The van der Waals surface area contributed by atoms with Crippen LogP contribution in [0.25, 0.3) is 10.9 Å². The minimum atomic E-state index is 0.401. The van der Waals surface area contributed by atoms with Crippen molar-refractivity contribution in [2.24, 2.45) is 7.05 Å². The van der Waals surface area contributed by atoms with E-state index in [0.717, 1.165) is 17.2 Å². The maximum atomic E-state index is 10.8. The van der Waals surface area contributed by atoms with Crippen LogP contribution >= 0.6 is 0 Å². The Labute approximate surface area is 92.6 Å². The van der Waals surface area contributed by atoms with Crippen LogP contribution in [0.4, 0.5) is 0 Å². The summed E-state index contributed by atoms with van der Waals surface area (Å²) in [5.74, 6) is 1.21. The number of aryl methyl sites for hydroxylation is 1. The van der Waals surface area contributed by atoms with Gasteiger partial charge in [-0.05, 0) is 12.1 Å². The van der Waals surface area contributed by atoms with E-state index in [1.165, 1.54) is 0 Å². The van der Waals surface area contributed by atoms with Gasteiger partial charge in [-0.15, -0.1) is 0 Å². The molecular formula is C11H12N2O3. The van der Waals surface area contributed by atoms with E-state index in [4.69, 9.17) is 9.47 Å². The van der Waals surface area contributed by atoms with Gasteiger partial charge >= 0.3 is 0 Å². The molecule has 1 aromatic heterocycles. The lowest BCUT2D eigenvalue weighted by Gasteiger charge is -2.08. The topological polar surface area (TPSA) is 53.3 Å². The van der Waals surface area contributed by atoms with Crippen molar-refractivity contribution in [2.75, 3.05) is 14.2 Å². The van der Waals surface area contributed by atoms with Crippen molar-refractivity contribution in [1.29, 1.82) is 0 Å². The molecule has 84 valence electrons. The number of methoxy groups -OCH3 is 2. The quantitative estimate of drug-likeness (QED) is 0.734. The highest BCUT2D eigenvalue weighted by Crippen LogP contribution is 2.35. The second kappa shape index (κ2) is 3.84. The van der Waals surface area contributed by atoms with E-state index in [0.29, 0.717) is 17.2 Å². The third-order valence-corrected chi connectivity index (χ3v) is 2.49. The molecule has 0 saturated heterocycles. The molecule has 0 unspecified atom stereocenters. The highest BCUT2D eigenvalue weighted by molar-refractivity contribution is 5.99. The van der Waals surface area contributed by atoms with Gasteiger partial charge in [-0.3, -0.25) is 9.48 Å². The summed E-state index contributed by atoms with van der Waals surface area (Å²) in [7, 11) is 4.89. The molecule has 0 saturated carbocycles. The second-order valence-corrected chi connectivity index (χ2v) is 3.32. The van der Waals surface area contributed by atoms with Crippen LogP contribution in [0.5, 0.6) is 11.5 Å². The number of rotatable bonds is 3. The Morgan fingerprint density at radius 1 is 1.31 bits per heavy atom. The molecule has 0 aliphatic carbocycles. The lowest BCUT2D eigenvalue weighted by atomic mass is 10.2. The van der Waals surface area contributed by atoms with Gasteiger partial charge in [0.2, 0.25) is 0 Å². The standard InChI is InChI=1S/C11H12N2O3/c1-13-10-7(8(6-14)12-13)4-5-9(15-2)11(10)16-3/h4-6H,1-3H3. The fourth-order valence-electron chi connectivity index (χ4n) is 1.79. The first-order chi connectivity index (χ1) is 7.72. The number of fused-ring (bicyclic) bond motifs is 1. The molecule has 0 aliphatic rings. The molecule has 0 radical (unpaired) electrons. The minimum absolute atomic E-state index is 0.401. The Morgan fingerprint density at radius 3 is 2.62 bits per heavy atom. The van der Waals surface area contributed by atoms with E-state index in [1.807, 2.05) is 0 Å². The summed E-state index contributed by atoms with van der Waals surface area (Å²) < 4.78 is 12.1. The average Bonchev–Trinajstić information content (AvgIpc) is 2.65. The van der Waals surface area contributed by atoms with Crippen molar-refractivity contribution in [3.63, 3.8) is 0 Å². The molecule has 0 aliphatic heterocycles. The predicted octanol–water partition coefficient (Wildman–Crippen LogP) is 1.40. The van der Waals surface area contributed by atoms with Gasteiger partial charge in [0.05, 0.1) is 14.2 Å². The normalized spacial score (nSPS) is 10.4. The smallest absolute Gasteiger partial charge is 0.186 e. The van der Waals surface area contributed by atoms with Gasteiger partial charge in [-0.25, -0.2) is 0 Å². The molecule has 0 atom stereocenters. The van der Waals surface area contributed by atoms with E-state index < -0.39 is 0 Å². The lowest BCUT2D eigenvalue weighted by molar-refractivity contribution is 0.111. The Bertz CT molecular complexity index is 546. The average molecular weight is 220 g/mol. The van der Waals surface area contributed by atoms with Crippen LogP contribution in [0, 0.1) is 0 Å². The molecule has 0 amide bonds. The number of aromatic nitrogens is 2. The first kappa shape index (κ1) is 10.5. The number of benzene rings is 1. The molecule has 16 heavy (non-hydrogen) atoms. The molecule has 1 aromatic carbocycles.